The van der Waals surface area contributed by atoms with E-state index in [1.54, 1.807) is 6.07 Å². The quantitative estimate of drug-likeness (QED) is 0.749. The summed E-state index contributed by atoms with van der Waals surface area (Å²) in [5.74, 6) is -0.123. The zero-order valence-electron chi connectivity index (χ0n) is 10.2. The van der Waals surface area contributed by atoms with E-state index in [0.717, 1.165) is 5.39 Å². The molecule has 7 heteroatoms. The molecule has 0 unspecified atom stereocenters. The van der Waals surface area contributed by atoms with Gasteiger partial charge in [-0.2, -0.15) is 0 Å². The summed E-state index contributed by atoms with van der Waals surface area (Å²) in [4.78, 5) is 19.7. The average Bonchev–Trinajstić information content (AvgIpc) is 2.82. The molecule has 0 saturated heterocycles. The van der Waals surface area contributed by atoms with Crippen LogP contribution in [0.5, 0.6) is 0 Å². The van der Waals surface area contributed by atoms with Crippen molar-refractivity contribution in [1.29, 1.82) is 0 Å². The summed E-state index contributed by atoms with van der Waals surface area (Å²) < 4.78 is 5.14. The van der Waals surface area contributed by atoms with Crippen molar-refractivity contribution in [2.75, 3.05) is 5.32 Å². The van der Waals surface area contributed by atoms with Crippen molar-refractivity contribution in [3.05, 3.63) is 47.4 Å². The number of anilines is 1. The number of amides is 1. The molecule has 6 nitrogen and oxygen atoms in total. The highest BCUT2D eigenvalue weighted by Crippen LogP contribution is 2.18. The summed E-state index contributed by atoms with van der Waals surface area (Å²) in [5.41, 5.74) is 1.22. The Labute approximate surface area is 118 Å². The Hall–Kier alpha value is -2.47. The topological polar surface area (TPSA) is 80.9 Å². The number of rotatable bonds is 3. The fourth-order valence-corrected chi connectivity index (χ4v) is 1.92. The van der Waals surface area contributed by atoms with Gasteiger partial charge in [0.15, 0.2) is 5.58 Å². The summed E-state index contributed by atoms with van der Waals surface area (Å²) >= 11 is 5.72. The van der Waals surface area contributed by atoms with Crippen molar-refractivity contribution in [3.8, 4) is 0 Å². The molecule has 1 N–H and O–H groups in total. The maximum atomic E-state index is 11.9. The standard InChI is InChI=1S/C13H9ClN4O2/c14-11-5-6-15-13(16-11)17-12(19)7-9-8-3-1-2-4-10(8)20-18-9/h1-6H,7H2,(H,15,16,17,19). The van der Waals surface area contributed by atoms with Gasteiger partial charge in [-0.15, -0.1) is 0 Å². The van der Waals surface area contributed by atoms with Crippen molar-refractivity contribution >= 4 is 34.4 Å². The van der Waals surface area contributed by atoms with Gasteiger partial charge in [-0.1, -0.05) is 28.9 Å². The molecule has 0 aliphatic heterocycles. The van der Waals surface area contributed by atoms with Crippen LogP contribution >= 0.6 is 11.6 Å². The first-order chi connectivity index (χ1) is 9.72. The van der Waals surface area contributed by atoms with Gasteiger partial charge in [-0.25, -0.2) is 9.97 Å². The van der Waals surface area contributed by atoms with Gasteiger partial charge in [-0.05, 0) is 18.2 Å². The van der Waals surface area contributed by atoms with Crippen molar-refractivity contribution in [3.63, 3.8) is 0 Å². The van der Waals surface area contributed by atoms with E-state index in [9.17, 15) is 4.79 Å². The minimum atomic E-state index is -0.286. The molecule has 3 aromatic rings. The number of hydrogen-bond donors (Lipinski definition) is 1. The Bertz CT molecular complexity index is 772. The van der Waals surface area contributed by atoms with Gasteiger partial charge in [0.2, 0.25) is 11.9 Å². The highest BCUT2D eigenvalue weighted by molar-refractivity contribution is 6.29. The largest absolute Gasteiger partial charge is 0.356 e. The number of carbonyl (C=O) groups is 1. The molecule has 0 aliphatic rings. The van der Waals surface area contributed by atoms with E-state index in [0.29, 0.717) is 11.3 Å². The van der Waals surface area contributed by atoms with Gasteiger partial charge in [-0.3, -0.25) is 10.1 Å². The van der Waals surface area contributed by atoms with Crippen LogP contribution in [0.2, 0.25) is 5.15 Å². The number of nitrogens with one attached hydrogen (secondary N) is 1. The maximum absolute atomic E-state index is 11.9. The van der Waals surface area contributed by atoms with Gasteiger partial charge < -0.3 is 4.52 Å². The highest BCUT2D eigenvalue weighted by atomic mass is 35.5. The molecule has 0 radical (unpaired) electrons. The predicted octanol–water partition coefficient (Wildman–Crippen LogP) is 2.45. The van der Waals surface area contributed by atoms with E-state index in [1.165, 1.54) is 12.3 Å². The van der Waals surface area contributed by atoms with E-state index in [2.05, 4.69) is 20.4 Å². The number of benzene rings is 1. The van der Waals surface area contributed by atoms with Crippen molar-refractivity contribution in [2.45, 2.75) is 6.42 Å². The fourth-order valence-electron chi connectivity index (χ4n) is 1.78. The Balaban J connectivity index is 1.76. The lowest BCUT2D eigenvalue weighted by Gasteiger charge is -2.01. The van der Waals surface area contributed by atoms with Crippen LogP contribution in [-0.2, 0) is 11.2 Å². The fraction of sp³-hybridized carbons (Fsp3) is 0.0769. The zero-order valence-corrected chi connectivity index (χ0v) is 11.0. The minimum Gasteiger partial charge on any atom is -0.356 e. The number of fused-ring (bicyclic) bond motifs is 1. The molecular formula is C13H9ClN4O2. The third-order valence-corrected chi connectivity index (χ3v) is 2.86. The Morgan fingerprint density at radius 1 is 1.30 bits per heavy atom. The van der Waals surface area contributed by atoms with Crippen LogP contribution in [0.1, 0.15) is 5.69 Å². The Kier molecular flexibility index (Phi) is 3.30. The van der Waals surface area contributed by atoms with Crippen molar-refractivity contribution < 1.29 is 9.32 Å². The summed E-state index contributed by atoms with van der Waals surface area (Å²) in [7, 11) is 0. The first kappa shape index (κ1) is 12.6. The maximum Gasteiger partial charge on any atom is 0.232 e. The minimum absolute atomic E-state index is 0.0763. The van der Waals surface area contributed by atoms with Crippen LogP contribution in [0.4, 0.5) is 5.95 Å². The summed E-state index contributed by atoms with van der Waals surface area (Å²) in [5, 5.41) is 7.53. The lowest BCUT2D eigenvalue weighted by atomic mass is 10.2. The molecule has 2 heterocycles. The van der Waals surface area contributed by atoms with E-state index in [4.69, 9.17) is 16.1 Å². The first-order valence-corrected chi connectivity index (χ1v) is 6.22. The Morgan fingerprint density at radius 2 is 2.15 bits per heavy atom. The molecule has 0 aliphatic carbocycles. The molecule has 2 aromatic heterocycles. The van der Waals surface area contributed by atoms with E-state index >= 15 is 0 Å². The first-order valence-electron chi connectivity index (χ1n) is 5.84. The van der Waals surface area contributed by atoms with E-state index in [-0.39, 0.29) is 23.4 Å². The second-order valence-electron chi connectivity index (χ2n) is 4.05. The third kappa shape index (κ3) is 2.60. The molecule has 0 bridgehead atoms. The number of nitrogens with zero attached hydrogens (tertiary/aromatic N) is 3. The number of aromatic nitrogens is 3. The molecule has 1 amide bonds. The molecule has 0 fully saturated rings. The second-order valence-corrected chi connectivity index (χ2v) is 4.44. The molecule has 100 valence electrons. The van der Waals surface area contributed by atoms with Crippen molar-refractivity contribution in [2.24, 2.45) is 0 Å². The second kappa shape index (κ2) is 5.26. The van der Waals surface area contributed by atoms with E-state index in [1.807, 2.05) is 18.2 Å². The number of halogens is 1. The van der Waals surface area contributed by atoms with Crippen molar-refractivity contribution in [1.82, 2.24) is 15.1 Å². The van der Waals surface area contributed by atoms with Gasteiger partial charge >= 0.3 is 0 Å². The lowest BCUT2D eigenvalue weighted by molar-refractivity contribution is -0.115. The molecule has 0 spiro atoms. The van der Waals surface area contributed by atoms with E-state index < -0.39 is 0 Å². The number of hydrogen-bond acceptors (Lipinski definition) is 5. The van der Waals surface area contributed by atoms with Gasteiger partial charge in [0, 0.05) is 11.6 Å². The SMILES string of the molecule is O=C(Cc1noc2ccccc12)Nc1nccc(Cl)n1. The number of para-hydroxylation sites is 1. The van der Waals surface area contributed by atoms with Crippen LogP contribution in [0.25, 0.3) is 11.0 Å². The Morgan fingerprint density at radius 3 is 3.00 bits per heavy atom. The summed E-state index contributed by atoms with van der Waals surface area (Å²) in [6.07, 6.45) is 1.54. The highest BCUT2D eigenvalue weighted by Gasteiger charge is 2.13. The zero-order chi connectivity index (χ0) is 13.9. The van der Waals surface area contributed by atoms with Gasteiger partial charge in [0.05, 0.1) is 6.42 Å². The van der Waals surface area contributed by atoms with Gasteiger partial charge in [0.25, 0.3) is 0 Å². The van der Waals surface area contributed by atoms with Crippen LogP contribution in [-0.4, -0.2) is 21.0 Å². The monoisotopic (exact) mass is 288 g/mol. The number of carbonyl (C=O) groups excluding carboxylic acids is 1. The molecule has 0 atom stereocenters. The molecular weight excluding hydrogens is 280 g/mol. The molecule has 20 heavy (non-hydrogen) atoms. The van der Waals surface area contributed by atoms with Crippen LogP contribution in [0.3, 0.4) is 0 Å². The van der Waals surface area contributed by atoms with Crippen LogP contribution in [0.15, 0.2) is 41.1 Å². The van der Waals surface area contributed by atoms with Gasteiger partial charge in [0.1, 0.15) is 10.8 Å². The van der Waals surface area contributed by atoms with Crippen LogP contribution < -0.4 is 5.32 Å². The predicted molar refractivity (Wildman–Crippen MR) is 73.4 cm³/mol. The average molecular weight is 289 g/mol. The smallest absolute Gasteiger partial charge is 0.232 e. The summed E-state index contributed by atoms with van der Waals surface area (Å²) in [6, 6.07) is 8.88. The van der Waals surface area contributed by atoms with Crippen LogP contribution in [0, 0.1) is 0 Å². The lowest BCUT2D eigenvalue weighted by Crippen LogP contribution is -2.16. The molecule has 0 saturated carbocycles. The summed E-state index contributed by atoms with van der Waals surface area (Å²) in [6.45, 7) is 0. The third-order valence-electron chi connectivity index (χ3n) is 2.65. The molecule has 1 aromatic carbocycles. The normalized spacial score (nSPS) is 10.7. The molecule has 3 rings (SSSR count).